The number of ether oxygens (including phenoxy) is 4. The topological polar surface area (TPSA) is 94.5 Å². The number of benzene rings is 2. The second kappa shape index (κ2) is 8.22. The van der Waals surface area contributed by atoms with Crippen molar-refractivity contribution in [1.29, 1.82) is 0 Å². The molecule has 0 saturated carbocycles. The Morgan fingerprint density at radius 2 is 1.74 bits per heavy atom. The van der Waals surface area contributed by atoms with Crippen molar-refractivity contribution in [2.75, 3.05) is 27.1 Å². The number of aliphatic hydroxyl groups is 1. The molecule has 162 valence electrons. The van der Waals surface area contributed by atoms with E-state index in [0.29, 0.717) is 47.3 Å². The number of carbonyl (C=O) groups is 2. The van der Waals surface area contributed by atoms with E-state index < -0.39 is 17.7 Å². The lowest BCUT2D eigenvalue weighted by Crippen LogP contribution is -2.24. The Bertz CT molecular complexity index is 1080. The molecule has 2 aromatic carbocycles. The fraction of sp³-hybridized carbons (Fsp3) is 0.304. The molecule has 8 heteroatoms. The van der Waals surface area contributed by atoms with E-state index in [1.165, 1.54) is 11.9 Å². The van der Waals surface area contributed by atoms with Crippen LogP contribution in [0.5, 0.6) is 23.0 Å². The maximum atomic E-state index is 12.8. The van der Waals surface area contributed by atoms with Gasteiger partial charge in [-0.2, -0.15) is 0 Å². The minimum atomic E-state index is -0.777. The molecule has 8 nitrogen and oxygen atoms in total. The van der Waals surface area contributed by atoms with Crippen LogP contribution in [-0.2, 0) is 9.59 Å². The van der Waals surface area contributed by atoms with Gasteiger partial charge in [0.05, 0.1) is 24.8 Å². The number of likely N-dealkylation sites (N-methyl/N-ethyl adjacent to an activating group) is 1. The first-order chi connectivity index (χ1) is 15.0. The van der Waals surface area contributed by atoms with Gasteiger partial charge in [-0.25, -0.2) is 0 Å². The first-order valence-corrected chi connectivity index (χ1v) is 10.00. The highest BCUT2D eigenvalue weighted by Gasteiger charge is 2.44. The first kappa shape index (κ1) is 20.6. The monoisotopic (exact) mass is 425 g/mol. The van der Waals surface area contributed by atoms with Crippen molar-refractivity contribution in [2.24, 2.45) is 0 Å². The van der Waals surface area contributed by atoms with Crippen LogP contribution < -0.4 is 18.9 Å². The van der Waals surface area contributed by atoms with Gasteiger partial charge in [0.2, 0.25) is 6.79 Å². The van der Waals surface area contributed by atoms with Crippen molar-refractivity contribution in [2.45, 2.75) is 19.9 Å². The maximum Gasteiger partial charge on any atom is 0.295 e. The van der Waals surface area contributed by atoms with E-state index in [-0.39, 0.29) is 18.1 Å². The number of aliphatic hydroxyl groups excluding tert-OH is 1. The van der Waals surface area contributed by atoms with Gasteiger partial charge in [-0.3, -0.25) is 9.59 Å². The van der Waals surface area contributed by atoms with Crippen molar-refractivity contribution < 1.29 is 33.6 Å². The third-order valence-corrected chi connectivity index (χ3v) is 5.20. The van der Waals surface area contributed by atoms with Crippen LogP contribution in [0.3, 0.4) is 0 Å². The summed E-state index contributed by atoms with van der Waals surface area (Å²) >= 11 is 0. The number of fused-ring (bicyclic) bond motifs is 1. The van der Waals surface area contributed by atoms with Crippen LogP contribution in [0.4, 0.5) is 0 Å². The van der Waals surface area contributed by atoms with Gasteiger partial charge in [0, 0.05) is 12.6 Å². The van der Waals surface area contributed by atoms with Crippen LogP contribution in [0, 0.1) is 0 Å². The summed E-state index contributed by atoms with van der Waals surface area (Å²) < 4.78 is 21.9. The molecule has 2 aliphatic rings. The Balaban J connectivity index is 1.82. The molecule has 0 bridgehead atoms. The Morgan fingerprint density at radius 1 is 1.03 bits per heavy atom. The summed E-state index contributed by atoms with van der Waals surface area (Å²) in [6.45, 7) is 4.71. The molecule has 4 rings (SSSR count). The Kier molecular flexibility index (Phi) is 5.46. The molecule has 0 radical (unpaired) electrons. The van der Waals surface area contributed by atoms with E-state index in [1.807, 2.05) is 13.8 Å². The van der Waals surface area contributed by atoms with E-state index >= 15 is 0 Å². The number of ketones is 1. The number of likely N-dealkylation sites (tertiary alicyclic amines) is 1. The number of hydrogen-bond acceptors (Lipinski definition) is 7. The van der Waals surface area contributed by atoms with Crippen molar-refractivity contribution >= 4 is 17.4 Å². The van der Waals surface area contributed by atoms with Gasteiger partial charge in [-0.1, -0.05) is 6.07 Å². The molecule has 1 atom stereocenters. The van der Waals surface area contributed by atoms with E-state index in [4.69, 9.17) is 18.9 Å². The summed E-state index contributed by atoms with van der Waals surface area (Å²) in [5.74, 6) is 0.357. The SMILES string of the molecule is CCOc1ccc(C2/C(=C(\O)c3ccc4c(c3)OCO4)C(=O)C(=O)N2C)cc1OCC. The third kappa shape index (κ3) is 3.54. The molecule has 1 saturated heterocycles. The van der Waals surface area contributed by atoms with Crippen LogP contribution in [0.25, 0.3) is 5.76 Å². The van der Waals surface area contributed by atoms with Crippen LogP contribution in [-0.4, -0.2) is 48.8 Å². The van der Waals surface area contributed by atoms with Crippen LogP contribution in [0.2, 0.25) is 0 Å². The molecule has 0 spiro atoms. The quantitative estimate of drug-likeness (QED) is 0.431. The largest absolute Gasteiger partial charge is 0.507 e. The fourth-order valence-corrected chi connectivity index (χ4v) is 3.77. The Hall–Kier alpha value is -3.68. The van der Waals surface area contributed by atoms with Gasteiger partial charge in [0.15, 0.2) is 23.0 Å². The van der Waals surface area contributed by atoms with Crippen molar-refractivity contribution in [3.63, 3.8) is 0 Å². The zero-order valence-corrected chi connectivity index (χ0v) is 17.5. The highest BCUT2D eigenvalue weighted by Crippen LogP contribution is 2.42. The average Bonchev–Trinajstić information content (AvgIpc) is 3.33. The molecule has 1 unspecified atom stereocenters. The molecule has 2 aliphatic heterocycles. The summed E-state index contributed by atoms with van der Waals surface area (Å²) in [6.07, 6.45) is 0. The second-order valence-electron chi connectivity index (χ2n) is 7.05. The van der Waals surface area contributed by atoms with E-state index in [1.54, 1.807) is 36.4 Å². The highest BCUT2D eigenvalue weighted by molar-refractivity contribution is 6.46. The standard InChI is InChI=1S/C23H23NO7/c1-4-28-15-8-6-13(10-17(15)29-5-2)20-19(22(26)23(27)24(20)3)21(25)14-7-9-16-18(11-14)31-12-30-16/h6-11,20,25H,4-5,12H2,1-3H3/b21-19+. The normalized spacial score (nSPS) is 19.1. The van der Waals surface area contributed by atoms with Crippen LogP contribution in [0.1, 0.15) is 31.0 Å². The lowest BCUT2D eigenvalue weighted by atomic mass is 9.95. The number of amides is 1. The molecule has 0 aliphatic carbocycles. The molecule has 0 aromatic heterocycles. The lowest BCUT2D eigenvalue weighted by Gasteiger charge is -2.22. The van der Waals surface area contributed by atoms with Crippen LogP contribution >= 0.6 is 0 Å². The summed E-state index contributed by atoms with van der Waals surface area (Å²) in [4.78, 5) is 26.7. The van der Waals surface area contributed by atoms with E-state index in [2.05, 4.69) is 0 Å². The van der Waals surface area contributed by atoms with Gasteiger partial charge in [0.25, 0.3) is 11.7 Å². The average molecular weight is 425 g/mol. The van der Waals surface area contributed by atoms with Gasteiger partial charge in [0.1, 0.15) is 5.76 Å². The second-order valence-corrected chi connectivity index (χ2v) is 7.05. The number of carbonyl (C=O) groups excluding carboxylic acids is 2. The molecule has 1 N–H and O–H groups in total. The molecule has 2 aromatic rings. The molecule has 1 amide bonds. The van der Waals surface area contributed by atoms with E-state index in [0.717, 1.165) is 0 Å². The Labute approximate surface area is 179 Å². The number of hydrogen-bond donors (Lipinski definition) is 1. The van der Waals surface area contributed by atoms with Gasteiger partial charge < -0.3 is 29.0 Å². The summed E-state index contributed by atoms with van der Waals surface area (Å²) in [5.41, 5.74) is 0.977. The highest BCUT2D eigenvalue weighted by atomic mass is 16.7. The predicted octanol–water partition coefficient (Wildman–Crippen LogP) is 3.26. The Morgan fingerprint density at radius 3 is 2.48 bits per heavy atom. The number of nitrogens with zero attached hydrogens (tertiary/aromatic N) is 1. The zero-order chi connectivity index (χ0) is 22.1. The van der Waals surface area contributed by atoms with Gasteiger partial charge in [-0.05, 0) is 49.7 Å². The zero-order valence-electron chi connectivity index (χ0n) is 17.5. The summed E-state index contributed by atoms with van der Waals surface area (Å²) in [6, 6.07) is 9.30. The lowest BCUT2D eigenvalue weighted by molar-refractivity contribution is -0.139. The number of Topliss-reactive ketones (excluding diaryl/α,β-unsaturated/α-hetero) is 1. The summed E-state index contributed by atoms with van der Waals surface area (Å²) in [7, 11) is 1.53. The van der Waals surface area contributed by atoms with Crippen molar-refractivity contribution in [3.8, 4) is 23.0 Å². The first-order valence-electron chi connectivity index (χ1n) is 10.00. The molecule has 2 heterocycles. The third-order valence-electron chi connectivity index (χ3n) is 5.20. The molecule has 1 fully saturated rings. The molecular weight excluding hydrogens is 402 g/mol. The predicted molar refractivity (Wildman–Crippen MR) is 111 cm³/mol. The van der Waals surface area contributed by atoms with Gasteiger partial charge in [-0.15, -0.1) is 0 Å². The molecule has 31 heavy (non-hydrogen) atoms. The van der Waals surface area contributed by atoms with Gasteiger partial charge >= 0.3 is 0 Å². The summed E-state index contributed by atoms with van der Waals surface area (Å²) in [5, 5.41) is 11.0. The van der Waals surface area contributed by atoms with Crippen molar-refractivity contribution in [1.82, 2.24) is 4.90 Å². The smallest absolute Gasteiger partial charge is 0.295 e. The fourth-order valence-electron chi connectivity index (χ4n) is 3.77. The van der Waals surface area contributed by atoms with E-state index in [9.17, 15) is 14.7 Å². The minimum Gasteiger partial charge on any atom is -0.507 e. The maximum absolute atomic E-state index is 12.8. The number of rotatable bonds is 6. The minimum absolute atomic E-state index is 0.00188. The van der Waals surface area contributed by atoms with Crippen molar-refractivity contribution in [3.05, 3.63) is 53.1 Å². The van der Waals surface area contributed by atoms with Crippen LogP contribution in [0.15, 0.2) is 42.0 Å². The molecular formula is C23H23NO7.